The summed E-state index contributed by atoms with van der Waals surface area (Å²) < 4.78 is 5.30. The Kier molecular flexibility index (Phi) is 5.14. The maximum absolute atomic E-state index is 12.3. The van der Waals surface area contributed by atoms with Gasteiger partial charge in [0.1, 0.15) is 5.60 Å². The summed E-state index contributed by atoms with van der Waals surface area (Å²) in [4.78, 5) is 28.1. The first-order valence-electron chi connectivity index (χ1n) is 6.13. The fraction of sp³-hybridized carbons (Fsp3) is 0.727. The van der Waals surface area contributed by atoms with Crippen LogP contribution in [-0.2, 0) is 14.3 Å². The van der Waals surface area contributed by atoms with E-state index < -0.39 is 29.9 Å². The summed E-state index contributed by atoms with van der Waals surface area (Å²) in [5, 5.41) is 9.48. The molecule has 0 spiro atoms. The summed E-state index contributed by atoms with van der Waals surface area (Å²) in [7, 11) is 0.800. The average Bonchev–Trinajstić information content (AvgIpc) is 2.38. The number of nitrogens with zero attached hydrogens (tertiary/aromatic N) is 3. The second kappa shape index (κ2) is 6.21. The van der Waals surface area contributed by atoms with Crippen LogP contribution in [-0.4, -0.2) is 64.8 Å². The van der Waals surface area contributed by atoms with Crippen molar-refractivity contribution < 1.29 is 24.1 Å². The van der Waals surface area contributed by atoms with Gasteiger partial charge in [-0.25, -0.2) is 0 Å². The van der Waals surface area contributed by atoms with Crippen molar-refractivity contribution in [3.63, 3.8) is 0 Å². The van der Waals surface area contributed by atoms with Crippen molar-refractivity contribution in [1.29, 1.82) is 0 Å². The van der Waals surface area contributed by atoms with Crippen LogP contribution >= 0.6 is 0 Å². The zero-order valence-corrected chi connectivity index (χ0v) is 11.4. The molecule has 8 heteroatoms. The van der Waals surface area contributed by atoms with E-state index in [1.807, 2.05) is 0 Å². The molecule has 0 bridgehead atoms. The standard InChI is InChI=1S/C11H18BN3O4/c1-8(16)9(14-13)10(17)11(19-3)4-6-15(7-5-11)12(2)18/h18H,4-7H2,1-3H3. The minimum atomic E-state index is -1.15. The Balaban J connectivity index is 2.93. The van der Waals surface area contributed by atoms with Gasteiger partial charge in [0, 0.05) is 14.0 Å². The molecule has 1 aliphatic rings. The van der Waals surface area contributed by atoms with Crippen molar-refractivity contribution in [3.8, 4) is 0 Å². The second-order valence-corrected chi connectivity index (χ2v) is 4.70. The molecule has 1 rings (SSSR count). The molecule has 0 saturated carbocycles. The van der Waals surface area contributed by atoms with Crippen LogP contribution in [0.15, 0.2) is 0 Å². The average molecular weight is 267 g/mol. The highest BCUT2D eigenvalue weighted by molar-refractivity contribution is 6.65. The van der Waals surface area contributed by atoms with E-state index in [1.54, 1.807) is 11.6 Å². The van der Waals surface area contributed by atoms with E-state index in [0.29, 0.717) is 25.9 Å². The molecule has 0 aliphatic carbocycles. The van der Waals surface area contributed by atoms with Crippen molar-refractivity contribution in [2.75, 3.05) is 20.2 Å². The summed E-state index contributed by atoms with van der Waals surface area (Å²) in [6.45, 7) is 3.75. The summed E-state index contributed by atoms with van der Waals surface area (Å²) in [5.41, 5.74) is 7.14. The first-order chi connectivity index (χ1) is 8.88. The topological polar surface area (TPSA) is 103 Å². The molecular formula is C11H18BN3O4. The Morgan fingerprint density at radius 3 is 2.26 bits per heavy atom. The highest BCUT2D eigenvalue weighted by atomic mass is 16.5. The van der Waals surface area contributed by atoms with Gasteiger partial charge in [-0.15, -0.1) is 0 Å². The van der Waals surface area contributed by atoms with E-state index in [4.69, 9.17) is 10.3 Å². The van der Waals surface area contributed by atoms with Crippen LogP contribution in [0.4, 0.5) is 0 Å². The first-order valence-corrected chi connectivity index (χ1v) is 6.13. The van der Waals surface area contributed by atoms with E-state index in [-0.39, 0.29) is 0 Å². The number of carbonyl (C=O) groups is 2. The van der Waals surface area contributed by atoms with Crippen molar-refractivity contribution in [3.05, 3.63) is 5.53 Å². The highest BCUT2D eigenvalue weighted by Gasteiger charge is 2.48. The van der Waals surface area contributed by atoms with Gasteiger partial charge in [0.25, 0.3) is 5.78 Å². The fourth-order valence-electron chi connectivity index (χ4n) is 2.27. The summed E-state index contributed by atoms with van der Waals surface area (Å²) in [6.07, 6.45) is 0.666. The summed E-state index contributed by atoms with van der Waals surface area (Å²) >= 11 is 0. The highest BCUT2D eigenvalue weighted by Crippen LogP contribution is 2.27. The number of piperidine rings is 1. The van der Waals surface area contributed by atoms with Crippen LogP contribution in [0.3, 0.4) is 0 Å². The van der Waals surface area contributed by atoms with Gasteiger partial charge in [0.15, 0.2) is 0 Å². The van der Waals surface area contributed by atoms with Crippen LogP contribution in [0.5, 0.6) is 0 Å². The Morgan fingerprint density at radius 1 is 1.42 bits per heavy atom. The lowest BCUT2D eigenvalue weighted by molar-refractivity contribution is -0.144. The van der Waals surface area contributed by atoms with E-state index in [1.165, 1.54) is 14.0 Å². The smallest absolute Gasteiger partial charge is 0.402 e. The molecular weight excluding hydrogens is 249 g/mol. The number of methoxy groups -OCH3 is 1. The van der Waals surface area contributed by atoms with Crippen LogP contribution in [0, 0.1) is 0 Å². The first kappa shape index (κ1) is 15.7. The van der Waals surface area contributed by atoms with Gasteiger partial charge >= 0.3 is 12.8 Å². The lowest BCUT2D eigenvalue weighted by Gasteiger charge is -2.38. The normalized spacial score (nSPS) is 18.5. The van der Waals surface area contributed by atoms with Crippen LogP contribution in [0.1, 0.15) is 19.8 Å². The molecule has 0 unspecified atom stereocenters. The third kappa shape index (κ3) is 3.16. The molecule has 1 fully saturated rings. The zero-order chi connectivity index (χ0) is 14.6. The van der Waals surface area contributed by atoms with Gasteiger partial charge in [-0.1, -0.05) is 0 Å². The predicted molar refractivity (Wildman–Crippen MR) is 68.7 cm³/mol. The molecule has 1 saturated heterocycles. The number of Topliss-reactive ketones (excluding diaryl/α,β-unsaturated/α-hetero) is 2. The van der Waals surface area contributed by atoms with Crippen LogP contribution in [0.2, 0.25) is 6.82 Å². The van der Waals surface area contributed by atoms with E-state index in [2.05, 4.69) is 4.79 Å². The van der Waals surface area contributed by atoms with Crippen LogP contribution < -0.4 is 0 Å². The molecule has 1 heterocycles. The Labute approximate surface area is 112 Å². The summed E-state index contributed by atoms with van der Waals surface area (Å²) in [5.74, 6) is -1.20. The predicted octanol–water partition coefficient (Wildman–Crippen LogP) is -0.593. The van der Waals surface area contributed by atoms with E-state index in [0.717, 1.165) is 0 Å². The van der Waals surface area contributed by atoms with E-state index >= 15 is 0 Å². The van der Waals surface area contributed by atoms with Crippen LogP contribution in [0.25, 0.3) is 5.53 Å². The van der Waals surface area contributed by atoms with Crippen molar-refractivity contribution in [2.24, 2.45) is 0 Å². The quantitative estimate of drug-likeness (QED) is 0.236. The van der Waals surface area contributed by atoms with Gasteiger partial charge in [-0.05, 0) is 32.8 Å². The van der Waals surface area contributed by atoms with Gasteiger partial charge in [-0.3, -0.25) is 9.59 Å². The van der Waals surface area contributed by atoms with Gasteiger partial charge < -0.3 is 20.1 Å². The largest absolute Gasteiger partial charge is 0.437 e. The molecule has 0 aromatic rings. The molecule has 0 radical (unpaired) electrons. The Hall–Kier alpha value is -1.34. The third-order valence-corrected chi connectivity index (χ3v) is 3.59. The molecule has 7 nitrogen and oxygen atoms in total. The Morgan fingerprint density at radius 2 is 1.95 bits per heavy atom. The lowest BCUT2D eigenvalue weighted by atomic mass is 9.77. The monoisotopic (exact) mass is 267 g/mol. The molecule has 104 valence electrons. The number of ketones is 2. The number of carbonyl (C=O) groups excluding carboxylic acids is 2. The van der Waals surface area contributed by atoms with Crippen molar-refractivity contribution >= 4 is 24.3 Å². The van der Waals surface area contributed by atoms with Gasteiger partial charge in [-0.2, -0.15) is 4.79 Å². The maximum Gasteiger partial charge on any atom is 0.402 e. The molecule has 1 N–H and O–H groups in total. The molecule has 0 aromatic heterocycles. The SMILES string of the molecule is COC1(C(=O)C(=[N+]=[N-])C(C)=O)CCN(B(C)O)CC1. The minimum Gasteiger partial charge on any atom is -0.437 e. The molecule has 19 heavy (non-hydrogen) atoms. The van der Waals surface area contributed by atoms with E-state index in [9.17, 15) is 14.6 Å². The van der Waals surface area contributed by atoms with Gasteiger partial charge in [0.2, 0.25) is 5.78 Å². The molecule has 0 atom stereocenters. The lowest BCUT2D eigenvalue weighted by Crippen LogP contribution is -2.56. The molecule has 1 aliphatic heterocycles. The number of rotatable bonds is 5. The molecule has 0 aromatic carbocycles. The minimum absolute atomic E-state index is 0.333. The number of hydrogen-bond acceptors (Lipinski definition) is 5. The zero-order valence-electron chi connectivity index (χ0n) is 11.4. The molecule has 0 amide bonds. The van der Waals surface area contributed by atoms with Crippen molar-refractivity contribution in [2.45, 2.75) is 32.2 Å². The summed E-state index contributed by atoms with van der Waals surface area (Å²) in [6, 6.07) is 0. The fourth-order valence-corrected chi connectivity index (χ4v) is 2.27. The Bertz CT molecular complexity index is 424. The third-order valence-electron chi connectivity index (χ3n) is 3.59. The number of hydrogen-bond donors (Lipinski definition) is 1. The number of ether oxygens (including phenoxy) is 1. The van der Waals surface area contributed by atoms with Gasteiger partial charge in [0.05, 0.1) is 0 Å². The van der Waals surface area contributed by atoms with Crippen molar-refractivity contribution in [1.82, 2.24) is 4.81 Å². The second-order valence-electron chi connectivity index (χ2n) is 4.70. The maximum atomic E-state index is 12.3.